The Morgan fingerprint density at radius 1 is 1.50 bits per heavy atom. The second kappa shape index (κ2) is 4.18. The molecule has 1 aromatic carbocycles. The molecular formula is C9H12FNO. The molecule has 0 saturated carbocycles. The van der Waals surface area contributed by atoms with Gasteiger partial charge in [0.2, 0.25) is 0 Å². The molecule has 2 N–H and O–H groups in total. The normalized spacial score (nSPS) is 10.2. The Labute approximate surface area is 71.0 Å². The molecule has 1 aromatic rings. The fourth-order valence-corrected chi connectivity index (χ4v) is 1.05. The average molecular weight is 169 g/mol. The quantitative estimate of drug-likeness (QED) is 0.708. The van der Waals surface area contributed by atoms with Crippen LogP contribution in [0, 0.1) is 5.82 Å². The second-order valence-electron chi connectivity index (χ2n) is 2.61. The fourth-order valence-electron chi connectivity index (χ4n) is 1.05. The minimum atomic E-state index is -0.235. The standard InChI is InChI=1S/C9H12FNO/c1-11-5-8-4-7(6-12)2-3-9(8)10/h2-4,11-12H,5-6H2,1H3. The zero-order valence-electron chi connectivity index (χ0n) is 6.97. The summed E-state index contributed by atoms with van der Waals surface area (Å²) in [4.78, 5) is 0. The Bertz CT molecular complexity index is 263. The predicted molar refractivity (Wildman–Crippen MR) is 45.1 cm³/mol. The van der Waals surface area contributed by atoms with E-state index < -0.39 is 0 Å². The van der Waals surface area contributed by atoms with E-state index in [1.807, 2.05) is 0 Å². The topological polar surface area (TPSA) is 32.3 Å². The minimum absolute atomic E-state index is 0.0446. The lowest BCUT2D eigenvalue weighted by atomic mass is 10.1. The van der Waals surface area contributed by atoms with Crippen LogP contribution in [0.3, 0.4) is 0 Å². The third-order valence-corrected chi connectivity index (χ3v) is 1.66. The molecule has 0 aliphatic heterocycles. The Kier molecular flexibility index (Phi) is 3.19. The lowest BCUT2D eigenvalue weighted by Crippen LogP contribution is -2.07. The van der Waals surface area contributed by atoms with Crippen molar-refractivity contribution in [3.05, 3.63) is 35.1 Å². The molecule has 0 aromatic heterocycles. The molecule has 0 amide bonds. The van der Waals surface area contributed by atoms with Crippen molar-refractivity contribution in [3.63, 3.8) is 0 Å². The molecule has 0 unspecified atom stereocenters. The minimum Gasteiger partial charge on any atom is -0.392 e. The first-order valence-electron chi connectivity index (χ1n) is 3.80. The lowest BCUT2D eigenvalue weighted by Gasteiger charge is -2.03. The lowest BCUT2D eigenvalue weighted by molar-refractivity contribution is 0.281. The van der Waals surface area contributed by atoms with Crippen LogP contribution >= 0.6 is 0 Å². The first kappa shape index (κ1) is 9.16. The summed E-state index contributed by atoms with van der Waals surface area (Å²) in [5, 5.41) is 11.6. The molecule has 0 fully saturated rings. The molecular weight excluding hydrogens is 157 g/mol. The molecule has 1 rings (SSSR count). The van der Waals surface area contributed by atoms with Crippen LogP contribution in [0.1, 0.15) is 11.1 Å². The van der Waals surface area contributed by atoms with E-state index in [1.165, 1.54) is 6.07 Å². The van der Waals surface area contributed by atoms with Crippen molar-refractivity contribution in [2.75, 3.05) is 7.05 Å². The molecule has 2 nitrogen and oxygen atoms in total. The SMILES string of the molecule is CNCc1cc(CO)ccc1F. The van der Waals surface area contributed by atoms with Gasteiger partial charge >= 0.3 is 0 Å². The van der Waals surface area contributed by atoms with Crippen molar-refractivity contribution in [1.82, 2.24) is 5.32 Å². The van der Waals surface area contributed by atoms with Crippen molar-refractivity contribution in [3.8, 4) is 0 Å². The highest BCUT2D eigenvalue weighted by molar-refractivity contribution is 5.24. The molecule has 66 valence electrons. The van der Waals surface area contributed by atoms with Gasteiger partial charge in [-0.05, 0) is 24.7 Å². The van der Waals surface area contributed by atoms with Crippen LogP contribution < -0.4 is 5.32 Å². The monoisotopic (exact) mass is 169 g/mol. The zero-order valence-corrected chi connectivity index (χ0v) is 6.97. The number of hydrogen-bond donors (Lipinski definition) is 2. The molecule has 0 spiro atoms. The smallest absolute Gasteiger partial charge is 0.127 e. The Hall–Kier alpha value is -0.930. The first-order valence-corrected chi connectivity index (χ1v) is 3.80. The first-order chi connectivity index (χ1) is 5.77. The number of aliphatic hydroxyl groups excluding tert-OH is 1. The van der Waals surface area contributed by atoms with Gasteiger partial charge < -0.3 is 10.4 Å². The summed E-state index contributed by atoms with van der Waals surface area (Å²) in [6.45, 7) is 0.441. The number of aliphatic hydroxyl groups is 1. The molecule has 0 bridgehead atoms. The Balaban J connectivity index is 2.91. The van der Waals surface area contributed by atoms with Crippen molar-refractivity contribution < 1.29 is 9.50 Å². The number of hydrogen-bond acceptors (Lipinski definition) is 2. The summed E-state index contributed by atoms with van der Waals surface area (Å²) in [5.74, 6) is -0.235. The highest BCUT2D eigenvalue weighted by Gasteiger charge is 2.01. The molecule has 0 radical (unpaired) electrons. The van der Waals surface area contributed by atoms with Crippen molar-refractivity contribution in [1.29, 1.82) is 0 Å². The molecule has 0 aliphatic carbocycles. The number of halogens is 1. The fraction of sp³-hybridized carbons (Fsp3) is 0.333. The number of rotatable bonds is 3. The Morgan fingerprint density at radius 3 is 2.83 bits per heavy atom. The van der Waals surface area contributed by atoms with Gasteiger partial charge in [-0.2, -0.15) is 0 Å². The van der Waals surface area contributed by atoms with E-state index in [4.69, 9.17) is 5.11 Å². The van der Waals surface area contributed by atoms with Crippen LogP contribution in [0.25, 0.3) is 0 Å². The van der Waals surface area contributed by atoms with Gasteiger partial charge in [-0.1, -0.05) is 6.07 Å². The number of benzene rings is 1. The van der Waals surface area contributed by atoms with E-state index in [0.717, 1.165) is 5.56 Å². The molecule has 0 saturated heterocycles. The molecule has 3 heteroatoms. The van der Waals surface area contributed by atoms with Crippen molar-refractivity contribution >= 4 is 0 Å². The maximum atomic E-state index is 13.0. The van der Waals surface area contributed by atoms with Gasteiger partial charge in [-0.15, -0.1) is 0 Å². The van der Waals surface area contributed by atoms with E-state index >= 15 is 0 Å². The maximum absolute atomic E-state index is 13.0. The average Bonchev–Trinajstić information content (AvgIpc) is 2.09. The zero-order chi connectivity index (χ0) is 8.97. The van der Waals surface area contributed by atoms with Crippen LogP contribution in [0.4, 0.5) is 4.39 Å². The molecule has 0 aliphatic rings. The van der Waals surface area contributed by atoms with Crippen LogP contribution in [0.5, 0.6) is 0 Å². The van der Waals surface area contributed by atoms with Crippen LogP contribution in [-0.2, 0) is 13.2 Å². The highest BCUT2D eigenvalue weighted by Crippen LogP contribution is 2.10. The van der Waals surface area contributed by atoms with E-state index in [1.54, 1.807) is 19.2 Å². The second-order valence-corrected chi connectivity index (χ2v) is 2.61. The Morgan fingerprint density at radius 2 is 2.25 bits per heavy atom. The van der Waals surface area contributed by atoms with E-state index in [2.05, 4.69) is 5.32 Å². The molecule has 0 atom stereocenters. The summed E-state index contributed by atoms with van der Waals surface area (Å²) in [7, 11) is 1.76. The van der Waals surface area contributed by atoms with E-state index in [9.17, 15) is 4.39 Å². The number of nitrogens with one attached hydrogen (secondary N) is 1. The maximum Gasteiger partial charge on any atom is 0.127 e. The largest absolute Gasteiger partial charge is 0.392 e. The summed E-state index contributed by atoms with van der Waals surface area (Å²) in [5.41, 5.74) is 1.32. The van der Waals surface area contributed by atoms with Gasteiger partial charge in [0.1, 0.15) is 5.82 Å². The van der Waals surface area contributed by atoms with Gasteiger partial charge in [0.25, 0.3) is 0 Å². The third kappa shape index (κ3) is 2.03. The van der Waals surface area contributed by atoms with Crippen LogP contribution in [0.15, 0.2) is 18.2 Å². The third-order valence-electron chi connectivity index (χ3n) is 1.66. The van der Waals surface area contributed by atoms with Gasteiger partial charge in [0.15, 0.2) is 0 Å². The van der Waals surface area contributed by atoms with Gasteiger partial charge in [-0.3, -0.25) is 0 Å². The van der Waals surface area contributed by atoms with E-state index in [0.29, 0.717) is 12.1 Å². The summed E-state index contributed by atoms with van der Waals surface area (Å²) in [6.07, 6.45) is 0. The molecule has 0 heterocycles. The van der Waals surface area contributed by atoms with E-state index in [-0.39, 0.29) is 12.4 Å². The van der Waals surface area contributed by atoms with Crippen molar-refractivity contribution in [2.24, 2.45) is 0 Å². The van der Waals surface area contributed by atoms with Crippen LogP contribution in [0.2, 0.25) is 0 Å². The van der Waals surface area contributed by atoms with Gasteiger partial charge in [-0.25, -0.2) is 4.39 Å². The highest BCUT2D eigenvalue weighted by atomic mass is 19.1. The molecule has 12 heavy (non-hydrogen) atoms. The van der Waals surface area contributed by atoms with Crippen LogP contribution in [-0.4, -0.2) is 12.2 Å². The summed E-state index contributed by atoms with van der Waals surface area (Å²) in [6, 6.07) is 4.61. The summed E-state index contributed by atoms with van der Waals surface area (Å²) < 4.78 is 13.0. The van der Waals surface area contributed by atoms with Gasteiger partial charge in [0, 0.05) is 12.1 Å². The predicted octanol–water partition coefficient (Wildman–Crippen LogP) is 1.04. The van der Waals surface area contributed by atoms with Gasteiger partial charge in [0.05, 0.1) is 6.61 Å². The van der Waals surface area contributed by atoms with Crippen molar-refractivity contribution in [2.45, 2.75) is 13.2 Å². The summed E-state index contributed by atoms with van der Waals surface area (Å²) >= 11 is 0.